The molecule has 2 saturated heterocycles. The SMILES string of the molecule is CCOC(=O)[C@H]1CCCN(C2CCN(c3nncc(-c4ccc(F)cc4)n3)CC2)C1. The summed E-state index contributed by atoms with van der Waals surface area (Å²) in [5.74, 6) is 0.276. The molecule has 4 rings (SSSR count). The fraction of sp³-hybridized carbons (Fsp3) is 0.545. The number of carbonyl (C=O) groups is 1. The topological polar surface area (TPSA) is 71.5 Å². The van der Waals surface area contributed by atoms with Crippen LogP contribution in [0.25, 0.3) is 11.3 Å². The molecule has 2 aromatic rings. The fourth-order valence-corrected chi connectivity index (χ4v) is 4.41. The average Bonchev–Trinajstić information content (AvgIpc) is 2.80. The third kappa shape index (κ3) is 4.75. The van der Waals surface area contributed by atoms with Crippen molar-refractivity contribution in [2.75, 3.05) is 37.7 Å². The van der Waals surface area contributed by atoms with Gasteiger partial charge in [-0.1, -0.05) is 0 Å². The number of nitrogens with zero attached hydrogens (tertiary/aromatic N) is 5. The number of likely N-dealkylation sites (tertiary alicyclic amines) is 1. The molecule has 8 heteroatoms. The zero-order valence-electron chi connectivity index (χ0n) is 17.3. The average molecular weight is 413 g/mol. The maximum absolute atomic E-state index is 13.2. The molecule has 0 amide bonds. The third-order valence-electron chi connectivity index (χ3n) is 6.02. The van der Waals surface area contributed by atoms with Gasteiger partial charge in [-0.05, 0) is 63.4 Å². The molecule has 1 aromatic heterocycles. The number of carbonyl (C=O) groups excluding carboxylic acids is 1. The standard InChI is InChI=1S/C22H28FN5O2/c1-2-30-21(29)17-4-3-11-28(15-17)19-9-12-27(13-10-19)22-25-20(14-24-26-22)16-5-7-18(23)8-6-16/h5-8,14,17,19H,2-4,9-13,15H2,1H3/t17-/m0/s1. The van der Waals surface area contributed by atoms with Gasteiger partial charge in [-0.15, -0.1) is 5.10 Å². The van der Waals surface area contributed by atoms with Crippen molar-refractivity contribution in [1.29, 1.82) is 0 Å². The minimum Gasteiger partial charge on any atom is -0.466 e. The highest BCUT2D eigenvalue weighted by Gasteiger charge is 2.32. The predicted molar refractivity (Wildman–Crippen MR) is 111 cm³/mol. The Morgan fingerprint density at radius 1 is 1.17 bits per heavy atom. The van der Waals surface area contributed by atoms with Gasteiger partial charge in [-0.2, -0.15) is 5.10 Å². The van der Waals surface area contributed by atoms with Crippen LogP contribution in [0.3, 0.4) is 0 Å². The van der Waals surface area contributed by atoms with E-state index in [9.17, 15) is 9.18 Å². The van der Waals surface area contributed by atoms with Crippen molar-refractivity contribution in [1.82, 2.24) is 20.1 Å². The van der Waals surface area contributed by atoms with Gasteiger partial charge in [0.15, 0.2) is 0 Å². The molecular weight excluding hydrogens is 385 g/mol. The van der Waals surface area contributed by atoms with E-state index in [1.807, 2.05) is 6.92 Å². The summed E-state index contributed by atoms with van der Waals surface area (Å²) in [7, 11) is 0. The van der Waals surface area contributed by atoms with Gasteiger partial charge in [-0.3, -0.25) is 9.69 Å². The van der Waals surface area contributed by atoms with Crippen LogP contribution in [0.1, 0.15) is 32.6 Å². The van der Waals surface area contributed by atoms with E-state index in [4.69, 9.17) is 4.74 Å². The van der Waals surface area contributed by atoms with E-state index >= 15 is 0 Å². The number of esters is 1. The molecule has 30 heavy (non-hydrogen) atoms. The summed E-state index contributed by atoms with van der Waals surface area (Å²) in [4.78, 5) is 21.4. The molecule has 1 atom stereocenters. The quantitative estimate of drug-likeness (QED) is 0.698. The number of ether oxygens (including phenoxy) is 1. The minimum atomic E-state index is -0.272. The van der Waals surface area contributed by atoms with Gasteiger partial charge in [0.2, 0.25) is 5.95 Å². The lowest BCUT2D eigenvalue weighted by Gasteiger charge is -2.41. The van der Waals surface area contributed by atoms with E-state index in [1.165, 1.54) is 12.1 Å². The van der Waals surface area contributed by atoms with Crippen molar-refractivity contribution in [3.8, 4) is 11.3 Å². The summed E-state index contributed by atoms with van der Waals surface area (Å²) < 4.78 is 18.4. The van der Waals surface area contributed by atoms with Crippen LogP contribution in [0.4, 0.5) is 10.3 Å². The van der Waals surface area contributed by atoms with E-state index < -0.39 is 0 Å². The first kappa shape index (κ1) is 20.7. The molecule has 0 radical (unpaired) electrons. The van der Waals surface area contributed by atoms with Gasteiger partial charge >= 0.3 is 5.97 Å². The molecule has 0 bridgehead atoms. The fourth-order valence-electron chi connectivity index (χ4n) is 4.41. The summed E-state index contributed by atoms with van der Waals surface area (Å²) in [5.41, 5.74) is 1.51. The summed E-state index contributed by atoms with van der Waals surface area (Å²) in [6.45, 7) is 5.83. The smallest absolute Gasteiger partial charge is 0.310 e. The van der Waals surface area contributed by atoms with Crippen LogP contribution >= 0.6 is 0 Å². The Labute approximate surface area is 176 Å². The molecule has 1 aromatic carbocycles. The zero-order valence-corrected chi connectivity index (χ0v) is 17.3. The Kier molecular flexibility index (Phi) is 6.52. The van der Waals surface area contributed by atoms with Crippen molar-refractivity contribution in [2.24, 2.45) is 5.92 Å². The lowest BCUT2D eigenvalue weighted by Crippen LogP contribution is -2.50. The van der Waals surface area contributed by atoms with Crippen LogP contribution in [0, 0.1) is 11.7 Å². The molecule has 7 nitrogen and oxygen atoms in total. The number of hydrogen-bond acceptors (Lipinski definition) is 7. The first-order valence-electron chi connectivity index (χ1n) is 10.8. The maximum Gasteiger partial charge on any atom is 0.310 e. The summed E-state index contributed by atoms with van der Waals surface area (Å²) in [6.07, 6.45) is 5.56. The molecule has 0 aliphatic carbocycles. The number of aromatic nitrogens is 3. The summed E-state index contributed by atoms with van der Waals surface area (Å²) in [5, 5.41) is 8.32. The predicted octanol–water partition coefficient (Wildman–Crippen LogP) is 2.92. The van der Waals surface area contributed by atoms with Crippen LogP contribution in [0.2, 0.25) is 0 Å². The normalized spacial score (nSPS) is 20.9. The Hall–Kier alpha value is -2.61. The second-order valence-corrected chi connectivity index (χ2v) is 7.95. The van der Waals surface area contributed by atoms with Crippen LogP contribution in [-0.4, -0.2) is 64.9 Å². The van der Waals surface area contributed by atoms with Crippen molar-refractivity contribution in [2.45, 2.75) is 38.6 Å². The summed E-state index contributed by atoms with van der Waals surface area (Å²) >= 11 is 0. The molecule has 2 aliphatic heterocycles. The lowest BCUT2D eigenvalue weighted by atomic mass is 9.94. The Bertz CT molecular complexity index is 855. The second kappa shape index (κ2) is 9.47. The van der Waals surface area contributed by atoms with E-state index in [0.29, 0.717) is 24.3 Å². The maximum atomic E-state index is 13.2. The third-order valence-corrected chi connectivity index (χ3v) is 6.02. The van der Waals surface area contributed by atoms with Crippen LogP contribution in [0.15, 0.2) is 30.5 Å². The van der Waals surface area contributed by atoms with Crippen molar-refractivity contribution in [3.05, 3.63) is 36.3 Å². The zero-order chi connectivity index (χ0) is 20.9. The highest BCUT2D eigenvalue weighted by molar-refractivity contribution is 5.72. The first-order valence-corrected chi connectivity index (χ1v) is 10.8. The van der Waals surface area contributed by atoms with Crippen LogP contribution < -0.4 is 4.90 Å². The molecular formula is C22H28FN5O2. The Morgan fingerprint density at radius 3 is 2.67 bits per heavy atom. The highest BCUT2D eigenvalue weighted by Crippen LogP contribution is 2.26. The molecule has 0 unspecified atom stereocenters. The largest absolute Gasteiger partial charge is 0.466 e. The van der Waals surface area contributed by atoms with Crippen LogP contribution in [0.5, 0.6) is 0 Å². The number of benzene rings is 1. The monoisotopic (exact) mass is 413 g/mol. The van der Waals surface area contributed by atoms with Crippen LogP contribution in [-0.2, 0) is 9.53 Å². The van der Waals surface area contributed by atoms with E-state index in [2.05, 4.69) is 25.0 Å². The van der Waals surface area contributed by atoms with E-state index in [1.54, 1.807) is 18.3 Å². The number of anilines is 1. The highest BCUT2D eigenvalue weighted by atomic mass is 19.1. The number of halogens is 1. The van der Waals surface area contributed by atoms with Crippen molar-refractivity contribution >= 4 is 11.9 Å². The van der Waals surface area contributed by atoms with Gasteiger partial charge in [0.1, 0.15) is 5.82 Å². The first-order chi connectivity index (χ1) is 14.6. The van der Waals surface area contributed by atoms with E-state index in [0.717, 1.165) is 57.4 Å². The Morgan fingerprint density at radius 2 is 1.93 bits per heavy atom. The second-order valence-electron chi connectivity index (χ2n) is 7.95. The van der Waals surface area contributed by atoms with Gasteiger partial charge < -0.3 is 9.64 Å². The molecule has 2 aliphatic rings. The van der Waals surface area contributed by atoms with E-state index in [-0.39, 0.29) is 17.7 Å². The molecule has 3 heterocycles. The lowest BCUT2D eigenvalue weighted by molar-refractivity contribution is -0.150. The van der Waals surface area contributed by atoms with Gasteiger partial charge in [-0.25, -0.2) is 9.37 Å². The van der Waals surface area contributed by atoms with Gasteiger partial charge in [0.25, 0.3) is 0 Å². The van der Waals surface area contributed by atoms with Gasteiger partial charge in [0, 0.05) is 31.2 Å². The summed E-state index contributed by atoms with van der Waals surface area (Å²) in [6, 6.07) is 6.71. The molecule has 0 spiro atoms. The number of hydrogen-bond donors (Lipinski definition) is 0. The number of rotatable bonds is 5. The molecule has 160 valence electrons. The number of piperidine rings is 2. The minimum absolute atomic E-state index is 0.00310. The molecule has 0 saturated carbocycles. The van der Waals surface area contributed by atoms with Crippen molar-refractivity contribution in [3.63, 3.8) is 0 Å². The van der Waals surface area contributed by atoms with Crippen molar-refractivity contribution < 1.29 is 13.9 Å². The Balaban J connectivity index is 1.36. The molecule has 2 fully saturated rings. The molecule has 0 N–H and O–H groups in total. The van der Waals surface area contributed by atoms with Gasteiger partial charge in [0.05, 0.1) is 24.4 Å².